The molecule has 0 radical (unpaired) electrons. The van der Waals surface area contributed by atoms with Crippen LogP contribution in [-0.4, -0.2) is 26.0 Å². The molecule has 92 valence electrons. The van der Waals surface area contributed by atoms with Gasteiger partial charge in [0.25, 0.3) is 0 Å². The van der Waals surface area contributed by atoms with Crippen molar-refractivity contribution in [2.75, 3.05) is 0 Å². The Labute approximate surface area is 105 Å². The van der Waals surface area contributed by atoms with Crippen molar-refractivity contribution < 1.29 is 9.90 Å². The second-order valence-corrected chi connectivity index (χ2v) is 3.84. The molecule has 1 atom stereocenters. The van der Waals surface area contributed by atoms with Gasteiger partial charge in [-0.1, -0.05) is 6.92 Å². The number of pyridine rings is 1. The van der Waals surface area contributed by atoms with E-state index in [1.807, 2.05) is 12.1 Å². The molecule has 0 aliphatic heterocycles. The van der Waals surface area contributed by atoms with Crippen molar-refractivity contribution in [3.8, 4) is 11.3 Å². The van der Waals surface area contributed by atoms with Gasteiger partial charge in [0.2, 0.25) is 0 Å². The first kappa shape index (κ1) is 12.2. The molecule has 0 amide bonds. The van der Waals surface area contributed by atoms with Crippen LogP contribution in [0.25, 0.3) is 11.3 Å². The molecule has 2 heterocycles. The summed E-state index contributed by atoms with van der Waals surface area (Å²) >= 11 is 0. The number of aromatic nitrogens is 3. The van der Waals surface area contributed by atoms with Gasteiger partial charge in [0.1, 0.15) is 11.7 Å². The molecule has 0 aromatic carbocycles. The van der Waals surface area contributed by atoms with Crippen molar-refractivity contribution in [1.82, 2.24) is 15.0 Å². The van der Waals surface area contributed by atoms with E-state index in [9.17, 15) is 4.79 Å². The molecule has 5 heteroatoms. The summed E-state index contributed by atoms with van der Waals surface area (Å²) < 4.78 is 0. The zero-order valence-corrected chi connectivity index (χ0v) is 9.95. The van der Waals surface area contributed by atoms with E-state index >= 15 is 0 Å². The van der Waals surface area contributed by atoms with Crippen LogP contribution in [0.5, 0.6) is 0 Å². The third-order valence-electron chi connectivity index (χ3n) is 2.67. The van der Waals surface area contributed by atoms with E-state index in [0.717, 1.165) is 5.56 Å². The number of carbonyl (C=O) groups is 1. The van der Waals surface area contributed by atoms with Gasteiger partial charge in [-0.3, -0.25) is 9.78 Å². The summed E-state index contributed by atoms with van der Waals surface area (Å²) in [6.45, 7) is 1.81. The second kappa shape index (κ2) is 5.35. The summed E-state index contributed by atoms with van der Waals surface area (Å²) in [7, 11) is 0. The minimum Gasteiger partial charge on any atom is -0.481 e. The van der Waals surface area contributed by atoms with E-state index in [0.29, 0.717) is 17.9 Å². The number of carboxylic acids is 1. The molecule has 2 aromatic rings. The van der Waals surface area contributed by atoms with Gasteiger partial charge in [0.15, 0.2) is 0 Å². The number of carboxylic acid groups (broad SMARTS) is 1. The standard InChI is InChI=1S/C13H13N3O2/c1-2-10(13(17)18)12-15-8-5-11(16-12)9-3-6-14-7-4-9/h3-8,10H,2H2,1H3,(H,17,18). The maximum absolute atomic E-state index is 11.1. The molecule has 0 bridgehead atoms. The molecule has 2 rings (SSSR count). The zero-order chi connectivity index (χ0) is 13.0. The predicted octanol–water partition coefficient (Wildman–Crippen LogP) is 2.12. The fourth-order valence-corrected chi connectivity index (χ4v) is 1.69. The third kappa shape index (κ3) is 2.51. The Hall–Kier alpha value is -2.30. The van der Waals surface area contributed by atoms with Gasteiger partial charge in [-0.15, -0.1) is 0 Å². The van der Waals surface area contributed by atoms with Gasteiger partial charge < -0.3 is 5.11 Å². The molecule has 0 saturated heterocycles. The number of aliphatic carboxylic acids is 1. The first-order chi connectivity index (χ1) is 8.72. The molecule has 0 fully saturated rings. The lowest BCUT2D eigenvalue weighted by Crippen LogP contribution is -2.14. The Morgan fingerprint density at radius 1 is 1.28 bits per heavy atom. The lowest BCUT2D eigenvalue weighted by molar-refractivity contribution is -0.139. The maximum atomic E-state index is 11.1. The quantitative estimate of drug-likeness (QED) is 0.890. The summed E-state index contributed by atoms with van der Waals surface area (Å²) in [5.41, 5.74) is 1.61. The first-order valence-electron chi connectivity index (χ1n) is 5.68. The summed E-state index contributed by atoms with van der Waals surface area (Å²) in [6.07, 6.45) is 5.40. The van der Waals surface area contributed by atoms with E-state index in [1.54, 1.807) is 31.6 Å². The van der Waals surface area contributed by atoms with Crippen LogP contribution in [0.4, 0.5) is 0 Å². The topological polar surface area (TPSA) is 76.0 Å². The zero-order valence-electron chi connectivity index (χ0n) is 9.95. The monoisotopic (exact) mass is 243 g/mol. The molecule has 0 saturated carbocycles. The Kier molecular flexibility index (Phi) is 3.62. The molecule has 2 aromatic heterocycles. The molecule has 1 N–H and O–H groups in total. The predicted molar refractivity (Wildman–Crippen MR) is 65.9 cm³/mol. The SMILES string of the molecule is CCC(C(=O)O)c1nccc(-c2ccncc2)n1. The minimum absolute atomic E-state index is 0.347. The average molecular weight is 243 g/mol. The summed E-state index contributed by atoms with van der Waals surface area (Å²) in [6, 6.07) is 5.41. The van der Waals surface area contributed by atoms with Gasteiger partial charge in [0.05, 0.1) is 5.69 Å². The van der Waals surface area contributed by atoms with Crippen molar-refractivity contribution in [3.05, 3.63) is 42.6 Å². The summed E-state index contributed by atoms with van der Waals surface area (Å²) in [4.78, 5) is 23.4. The highest BCUT2D eigenvalue weighted by atomic mass is 16.4. The van der Waals surface area contributed by atoms with Crippen LogP contribution < -0.4 is 0 Å². The fourth-order valence-electron chi connectivity index (χ4n) is 1.69. The van der Waals surface area contributed by atoms with Crippen LogP contribution in [0.15, 0.2) is 36.8 Å². The second-order valence-electron chi connectivity index (χ2n) is 3.84. The number of rotatable bonds is 4. The average Bonchev–Trinajstić information content (AvgIpc) is 2.40. The summed E-state index contributed by atoms with van der Waals surface area (Å²) in [5, 5.41) is 9.10. The highest BCUT2D eigenvalue weighted by molar-refractivity contribution is 5.75. The van der Waals surface area contributed by atoms with Crippen LogP contribution in [0.3, 0.4) is 0 Å². The molecule has 1 unspecified atom stereocenters. The molecule has 0 spiro atoms. The van der Waals surface area contributed by atoms with E-state index in [1.165, 1.54) is 0 Å². The van der Waals surface area contributed by atoms with E-state index in [4.69, 9.17) is 5.11 Å². The lowest BCUT2D eigenvalue weighted by atomic mass is 10.1. The van der Waals surface area contributed by atoms with Crippen LogP contribution in [0.1, 0.15) is 25.1 Å². The van der Waals surface area contributed by atoms with Gasteiger partial charge in [-0.25, -0.2) is 9.97 Å². The number of hydrogen-bond donors (Lipinski definition) is 1. The highest BCUT2D eigenvalue weighted by Gasteiger charge is 2.20. The van der Waals surface area contributed by atoms with Crippen LogP contribution in [-0.2, 0) is 4.79 Å². The fraction of sp³-hybridized carbons (Fsp3) is 0.231. The van der Waals surface area contributed by atoms with Crippen LogP contribution >= 0.6 is 0 Å². The molecule has 0 aliphatic carbocycles. The van der Waals surface area contributed by atoms with Crippen LogP contribution in [0, 0.1) is 0 Å². The van der Waals surface area contributed by atoms with Crippen molar-refractivity contribution in [3.63, 3.8) is 0 Å². The summed E-state index contributed by atoms with van der Waals surface area (Å²) in [5.74, 6) is -1.21. The van der Waals surface area contributed by atoms with E-state index < -0.39 is 11.9 Å². The van der Waals surface area contributed by atoms with Crippen molar-refractivity contribution >= 4 is 5.97 Å². The van der Waals surface area contributed by atoms with Crippen molar-refractivity contribution in [2.24, 2.45) is 0 Å². The molecule has 0 aliphatic rings. The first-order valence-corrected chi connectivity index (χ1v) is 5.68. The minimum atomic E-state index is -0.899. The maximum Gasteiger partial charge on any atom is 0.314 e. The van der Waals surface area contributed by atoms with E-state index in [2.05, 4.69) is 15.0 Å². The molecular formula is C13H13N3O2. The van der Waals surface area contributed by atoms with Crippen molar-refractivity contribution in [2.45, 2.75) is 19.3 Å². The Bertz CT molecular complexity index is 543. The van der Waals surface area contributed by atoms with Crippen LogP contribution in [0.2, 0.25) is 0 Å². The number of hydrogen-bond acceptors (Lipinski definition) is 4. The van der Waals surface area contributed by atoms with Gasteiger partial charge in [-0.05, 0) is 24.6 Å². The smallest absolute Gasteiger partial charge is 0.314 e. The largest absolute Gasteiger partial charge is 0.481 e. The Morgan fingerprint density at radius 3 is 2.61 bits per heavy atom. The molecule has 5 nitrogen and oxygen atoms in total. The molecular weight excluding hydrogens is 230 g/mol. The van der Waals surface area contributed by atoms with Gasteiger partial charge in [-0.2, -0.15) is 0 Å². The Morgan fingerprint density at radius 2 is 2.00 bits per heavy atom. The highest BCUT2D eigenvalue weighted by Crippen LogP contribution is 2.20. The van der Waals surface area contributed by atoms with Gasteiger partial charge in [0, 0.05) is 24.2 Å². The molecule has 18 heavy (non-hydrogen) atoms. The third-order valence-corrected chi connectivity index (χ3v) is 2.67. The van der Waals surface area contributed by atoms with Crippen molar-refractivity contribution in [1.29, 1.82) is 0 Å². The van der Waals surface area contributed by atoms with Gasteiger partial charge >= 0.3 is 5.97 Å². The normalized spacial score (nSPS) is 12.1. The number of nitrogens with zero attached hydrogens (tertiary/aromatic N) is 3. The van der Waals surface area contributed by atoms with E-state index in [-0.39, 0.29) is 0 Å². The Balaban J connectivity index is 2.39. The lowest BCUT2D eigenvalue weighted by Gasteiger charge is -2.09.